The Morgan fingerprint density at radius 3 is 2.22 bits per heavy atom. The standard InChI is InChI=1S/C19H24F3N3O2/c20-19(21,22)15-6-4-5-14(13-15)17(26)24-9-11-25(12-10-24)18(27)23-16-7-2-1-3-8-16/h4-6,13,16H,1-3,7-12H2,(H,23,27). The van der Waals surface area contributed by atoms with Crippen LogP contribution in [0.5, 0.6) is 0 Å². The van der Waals surface area contributed by atoms with Gasteiger partial charge in [-0.1, -0.05) is 25.3 Å². The van der Waals surface area contributed by atoms with E-state index in [1.165, 1.54) is 23.5 Å². The Morgan fingerprint density at radius 2 is 1.59 bits per heavy atom. The van der Waals surface area contributed by atoms with E-state index >= 15 is 0 Å². The van der Waals surface area contributed by atoms with E-state index in [1.54, 1.807) is 4.90 Å². The Morgan fingerprint density at radius 1 is 0.963 bits per heavy atom. The third-order valence-corrected chi connectivity index (χ3v) is 5.22. The van der Waals surface area contributed by atoms with Crippen LogP contribution in [0.25, 0.3) is 0 Å². The number of piperazine rings is 1. The molecule has 0 aromatic heterocycles. The van der Waals surface area contributed by atoms with Crippen molar-refractivity contribution in [2.75, 3.05) is 26.2 Å². The summed E-state index contributed by atoms with van der Waals surface area (Å²) in [5.74, 6) is -0.437. The number of nitrogens with one attached hydrogen (secondary N) is 1. The van der Waals surface area contributed by atoms with Crippen molar-refractivity contribution in [1.29, 1.82) is 0 Å². The lowest BCUT2D eigenvalue weighted by molar-refractivity contribution is -0.137. The lowest BCUT2D eigenvalue weighted by Crippen LogP contribution is -2.54. The summed E-state index contributed by atoms with van der Waals surface area (Å²) in [5.41, 5.74) is -0.816. The first-order valence-corrected chi connectivity index (χ1v) is 9.36. The van der Waals surface area contributed by atoms with E-state index in [1.807, 2.05) is 0 Å². The van der Waals surface area contributed by atoms with Gasteiger partial charge in [0.25, 0.3) is 5.91 Å². The number of carbonyl (C=O) groups is 2. The van der Waals surface area contributed by atoms with Crippen LogP contribution in [-0.2, 0) is 6.18 Å². The molecule has 5 nitrogen and oxygen atoms in total. The predicted octanol–water partition coefficient (Wildman–Crippen LogP) is 3.51. The van der Waals surface area contributed by atoms with Gasteiger partial charge in [0, 0.05) is 37.8 Å². The maximum absolute atomic E-state index is 12.8. The zero-order chi connectivity index (χ0) is 19.4. The van der Waals surface area contributed by atoms with Crippen molar-refractivity contribution in [1.82, 2.24) is 15.1 Å². The molecular weight excluding hydrogens is 359 g/mol. The average Bonchev–Trinajstić information content (AvgIpc) is 2.68. The number of rotatable bonds is 2. The molecule has 0 unspecified atom stereocenters. The van der Waals surface area contributed by atoms with Crippen LogP contribution < -0.4 is 5.32 Å². The van der Waals surface area contributed by atoms with Gasteiger partial charge in [0.2, 0.25) is 0 Å². The van der Waals surface area contributed by atoms with Crippen LogP contribution in [0.2, 0.25) is 0 Å². The average molecular weight is 383 g/mol. The van der Waals surface area contributed by atoms with E-state index in [9.17, 15) is 22.8 Å². The van der Waals surface area contributed by atoms with Crippen molar-refractivity contribution >= 4 is 11.9 Å². The van der Waals surface area contributed by atoms with Crippen molar-refractivity contribution in [3.8, 4) is 0 Å². The van der Waals surface area contributed by atoms with E-state index < -0.39 is 17.6 Å². The summed E-state index contributed by atoms with van der Waals surface area (Å²) in [7, 11) is 0. The zero-order valence-corrected chi connectivity index (χ0v) is 15.1. The minimum absolute atomic E-state index is 0.0185. The van der Waals surface area contributed by atoms with Crippen LogP contribution in [0, 0.1) is 0 Å². The fourth-order valence-electron chi connectivity index (χ4n) is 3.64. The van der Waals surface area contributed by atoms with E-state index in [0.717, 1.165) is 37.8 Å². The molecule has 3 rings (SSSR count). The fourth-order valence-corrected chi connectivity index (χ4v) is 3.64. The molecule has 3 amide bonds. The molecule has 148 valence electrons. The number of carbonyl (C=O) groups excluding carboxylic acids is 2. The van der Waals surface area contributed by atoms with Crippen molar-refractivity contribution in [3.05, 3.63) is 35.4 Å². The molecule has 0 atom stereocenters. The zero-order valence-electron chi connectivity index (χ0n) is 15.1. The summed E-state index contributed by atoms with van der Waals surface area (Å²) in [6.45, 7) is 1.38. The number of hydrogen-bond acceptors (Lipinski definition) is 2. The summed E-state index contributed by atoms with van der Waals surface area (Å²) in [5, 5.41) is 3.05. The lowest BCUT2D eigenvalue weighted by Gasteiger charge is -2.36. The number of alkyl halides is 3. The molecule has 1 aliphatic heterocycles. The number of benzene rings is 1. The number of nitrogens with zero attached hydrogens (tertiary/aromatic N) is 2. The number of halogens is 3. The topological polar surface area (TPSA) is 52.7 Å². The van der Waals surface area contributed by atoms with Gasteiger partial charge in [0.15, 0.2) is 0 Å². The highest BCUT2D eigenvalue weighted by atomic mass is 19.4. The van der Waals surface area contributed by atoms with E-state index in [2.05, 4.69) is 5.32 Å². The number of urea groups is 1. The molecule has 1 aliphatic carbocycles. The van der Waals surface area contributed by atoms with Gasteiger partial charge < -0.3 is 15.1 Å². The van der Waals surface area contributed by atoms with E-state index in [4.69, 9.17) is 0 Å². The highest BCUT2D eigenvalue weighted by molar-refractivity contribution is 5.94. The first-order valence-electron chi connectivity index (χ1n) is 9.36. The molecule has 2 aliphatic rings. The first-order chi connectivity index (χ1) is 12.8. The van der Waals surface area contributed by atoms with Crippen LogP contribution in [0.1, 0.15) is 48.0 Å². The van der Waals surface area contributed by atoms with Crippen LogP contribution in [0.3, 0.4) is 0 Å². The number of amides is 3. The highest BCUT2D eigenvalue weighted by Crippen LogP contribution is 2.29. The maximum Gasteiger partial charge on any atom is 0.416 e. The fraction of sp³-hybridized carbons (Fsp3) is 0.579. The Bertz CT molecular complexity index is 679. The molecule has 1 aromatic rings. The molecule has 2 fully saturated rings. The minimum atomic E-state index is -4.48. The third-order valence-electron chi connectivity index (χ3n) is 5.22. The SMILES string of the molecule is O=C(NC1CCCCC1)N1CCN(C(=O)c2cccc(C(F)(F)F)c2)CC1. The lowest BCUT2D eigenvalue weighted by atomic mass is 9.96. The molecular formula is C19H24F3N3O2. The van der Waals surface area contributed by atoms with Crippen LogP contribution in [-0.4, -0.2) is 54.0 Å². The molecule has 0 radical (unpaired) electrons. The normalized spacial score (nSPS) is 19.1. The summed E-state index contributed by atoms with van der Waals surface area (Å²) < 4.78 is 38.5. The van der Waals surface area contributed by atoms with Gasteiger partial charge in [-0.3, -0.25) is 4.79 Å². The van der Waals surface area contributed by atoms with Gasteiger partial charge >= 0.3 is 12.2 Å². The van der Waals surface area contributed by atoms with Crippen LogP contribution in [0.4, 0.5) is 18.0 Å². The Labute approximate surface area is 156 Å². The molecule has 0 bridgehead atoms. The predicted molar refractivity (Wildman–Crippen MR) is 94.3 cm³/mol. The van der Waals surface area contributed by atoms with Crippen LogP contribution >= 0.6 is 0 Å². The van der Waals surface area contributed by atoms with Crippen molar-refractivity contribution in [3.63, 3.8) is 0 Å². The smallest absolute Gasteiger partial charge is 0.335 e. The maximum atomic E-state index is 12.8. The summed E-state index contributed by atoms with van der Waals surface area (Å²) >= 11 is 0. The highest BCUT2D eigenvalue weighted by Gasteiger charge is 2.32. The van der Waals surface area contributed by atoms with Crippen molar-refractivity contribution < 1.29 is 22.8 Å². The van der Waals surface area contributed by atoms with E-state index in [0.29, 0.717) is 26.2 Å². The Hall–Kier alpha value is -2.25. The second kappa shape index (κ2) is 8.19. The summed E-state index contributed by atoms with van der Waals surface area (Å²) in [6, 6.07) is 4.56. The third kappa shape index (κ3) is 4.93. The van der Waals surface area contributed by atoms with Crippen molar-refractivity contribution in [2.45, 2.75) is 44.3 Å². The summed E-state index contributed by atoms with van der Waals surface area (Å²) in [4.78, 5) is 28.0. The molecule has 0 spiro atoms. The van der Waals surface area contributed by atoms with Crippen LogP contribution in [0.15, 0.2) is 24.3 Å². The quantitative estimate of drug-likeness (QED) is 0.850. The van der Waals surface area contributed by atoms with E-state index in [-0.39, 0.29) is 17.6 Å². The minimum Gasteiger partial charge on any atom is -0.335 e. The Kier molecular flexibility index (Phi) is 5.92. The van der Waals surface area contributed by atoms with Crippen molar-refractivity contribution in [2.24, 2.45) is 0 Å². The van der Waals surface area contributed by atoms with Gasteiger partial charge in [-0.25, -0.2) is 4.79 Å². The van der Waals surface area contributed by atoms with Gasteiger partial charge in [-0.2, -0.15) is 13.2 Å². The molecule has 27 heavy (non-hydrogen) atoms. The van der Waals surface area contributed by atoms with Gasteiger partial charge in [0.05, 0.1) is 5.56 Å². The second-order valence-corrected chi connectivity index (χ2v) is 7.14. The molecule has 1 heterocycles. The molecule has 1 saturated carbocycles. The second-order valence-electron chi connectivity index (χ2n) is 7.14. The first kappa shape index (κ1) is 19.5. The molecule has 1 aromatic carbocycles. The monoisotopic (exact) mass is 383 g/mol. The van der Waals surface area contributed by atoms with Gasteiger partial charge in [-0.15, -0.1) is 0 Å². The number of hydrogen-bond donors (Lipinski definition) is 1. The Balaban J connectivity index is 1.54. The molecule has 1 N–H and O–H groups in total. The molecule has 8 heteroatoms. The molecule has 1 saturated heterocycles. The van der Waals surface area contributed by atoms with Gasteiger partial charge in [0.1, 0.15) is 0 Å². The summed E-state index contributed by atoms with van der Waals surface area (Å²) in [6.07, 6.45) is 0.989. The van der Waals surface area contributed by atoms with Gasteiger partial charge in [-0.05, 0) is 31.0 Å². The largest absolute Gasteiger partial charge is 0.416 e.